The van der Waals surface area contributed by atoms with Crippen LogP contribution in [0.25, 0.3) is 11.3 Å². The van der Waals surface area contributed by atoms with Crippen LogP contribution in [0.5, 0.6) is 0 Å². The Morgan fingerprint density at radius 1 is 1.31 bits per heavy atom. The number of benzene rings is 1. The normalized spacial score (nSPS) is 10.2. The first kappa shape index (κ1) is 8.72. The van der Waals surface area contributed by atoms with Gasteiger partial charge in [-0.25, -0.2) is 0 Å². The van der Waals surface area contributed by atoms with Crippen LogP contribution in [-0.4, -0.2) is 4.98 Å². The van der Waals surface area contributed by atoms with E-state index in [2.05, 4.69) is 20.9 Å². The first-order valence-electron chi connectivity index (χ1n) is 3.70. The number of oxazole rings is 1. The Balaban J connectivity index is 2.58. The molecule has 2 nitrogen and oxygen atoms in total. The molecule has 1 aromatic carbocycles. The van der Waals surface area contributed by atoms with Crippen LogP contribution in [0, 0.1) is 4.84 Å². The molecular formula is C9H6BrNOS. The molecule has 0 spiro atoms. The van der Waals surface area contributed by atoms with Gasteiger partial charge < -0.3 is 9.40 Å². The summed E-state index contributed by atoms with van der Waals surface area (Å²) in [7, 11) is 0. The molecule has 1 N–H and O–H groups in total. The number of hydrogen-bond donors (Lipinski definition) is 1. The van der Waals surface area contributed by atoms with Gasteiger partial charge in [0.05, 0.1) is 5.69 Å². The Morgan fingerprint density at radius 2 is 2.08 bits per heavy atom. The zero-order valence-corrected chi connectivity index (χ0v) is 8.98. The number of hydrogen-bond acceptors (Lipinski definition) is 2. The van der Waals surface area contributed by atoms with Crippen molar-refractivity contribution in [2.45, 2.75) is 0 Å². The number of aromatic nitrogens is 1. The van der Waals surface area contributed by atoms with Gasteiger partial charge in [-0.05, 0) is 18.3 Å². The van der Waals surface area contributed by atoms with Crippen molar-refractivity contribution < 1.29 is 4.42 Å². The number of halogens is 1. The van der Waals surface area contributed by atoms with Crippen molar-refractivity contribution in [1.29, 1.82) is 0 Å². The molecular weight excluding hydrogens is 250 g/mol. The van der Waals surface area contributed by atoms with Gasteiger partial charge >= 0.3 is 0 Å². The summed E-state index contributed by atoms with van der Waals surface area (Å²) < 4.78 is 6.03. The van der Waals surface area contributed by atoms with E-state index in [1.807, 2.05) is 24.3 Å². The highest BCUT2D eigenvalue weighted by Gasteiger charge is 2.03. The molecule has 1 aromatic heterocycles. The predicted molar refractivity (Wildman–Crippen MR) is 57.0 cm³/mol. The molecule has 4 heteroatoms. The van der Waals surface area contributed by atoms with Crippen molar-refractivity contribution in [3.8, 4) is 11.3 Å². The van der Waals surface area contributed by atoms with Gasteiger partial charge in [0.2, 0.25) is 0 Å². The Kier molecular flexibility index (Phi) is 2.33. The quantitative estimate of drug-likeness (QED) is 0.787. The number of aromatic amines is 1. The summed E-state index contributed by atoms with van der Waals surface area (Å²) in [5.74, 6) is 0. The van der Waals surface area contributed by atoms with E-state index >= 15 is 0 Å². The van der Waals surface area contributed by atoms with Crippen LogP contribution in [-0.2, 0) is 0 Å². The molecule has 0 aliphatic heterocycles. The molecule has 0 saturated carbocycles. The fourth-order valence-corrected chi connectivity index (χ4v) is 1.75. The van der Waals surface area contributed by atoms with E-state index in [-0.39, 0.29) is 0 Å². The number of rotatable bonds is 1. The standard InChI is InChI=1S/C9H6BrNOS/c10-7-4-2-1-3-6(7)8-5-12-9(13)11-8/h1-5H,(H,11,13). The van der Waals surface area contributed by atoms with Crippen LogP contribution in [0.1, 0.15) is 0 Å². The third-order valence-corrected chi connectivity index (χ3v) is 2.57. The lowest BCUT2D eigenvalue weighted by Crippen LogP contribution is -1.77. The van der Waals surface area contributed by atoms with Crippen LogP contribution in [0.3, 0.4) is 0 Å². The molecule has 0 saturated heterocycles. The molecule has 2 aromatic rings. The molecule has 0 atom stereocenters. The molecule has 0 aliphatic carbocycles. The molecule has 2 rings (SSSR count). The van der Waals surface area contributed by atoms with Crippen LogP contribution in [0.4, 0.5) is 0 Å². The van der Waals surface area contributed by atoms with Gasteiger partial charge in [0.25, 0.3) is 4.84 Å². The lowest BCUT2D eigenvalue weighted by Gasteiger charge is -1.98. The van der Waals surface area contributed by atoms with Gasteiger partial charge in [-0.15, -0.1) is 0 Å². The van der Waals surface area contributed by atoms with E-state index in [4.69, 9.17) is 16.6 Å². The summed E-state index contributed by atoms with van der Waals surface area (Å²) in [4.78, 5) is 3.35. The van der Waals surface area contributed by atoms with E-state index in [1.54, 1.807) is 6.26 Å². The SMILES string of the molecule is S=c1[nH]c(-c2ccccc2Br)co1. The first-order chi connectivity index (χ1) is 6.27. The second kappa shape index (κ2) is 3.47. The van der Waals surface area contributed by atoms with Crippen LogP contribution >= 0.6 is 28.1 Å². The summed E-state index contributed by atoms with van der Waals surface area (Å²) in [5, 5.41) is 0. The molecule has 0 bridgehead atoms. The van der Waals surface area contributed by atoms with E-state index in [0.717, 1.165) is 15.7 Å². The molecule has 0 fully saturated rings. The monoisotopic (exact) mass is 255 g/mol. The average Bonchev–Trinajstić information content (AvgIpc) is 2.53. The second-order valence-electron chi connectivity index (χ2n) is 2.54. The van der Waals surface area contributed by atoms with Gasteiger partial charge in [-0.1, -0.05) is 34.1 Å². The molecule has 66 valence electrons. The smallest absolute Gasteiger partial charge is 0.266 e. The molecule has 0 unspecified atom stereocenters. The van der Waals surface area contributed by atoms with Crippen LogP contribution in [0.15, 0.2) is 39.4 Å². The Labute approximate surface area is 88.7 Å². The highest BCUT2D eigenvalue weighted by atomic mass is 79.9. The third-order valence-electron chi connectivity index (χ3n) is 1.68. The van der Waals surface area contributed by atoms with Crippen molar-refractivity contribution in [1.82, 2.24) is 4.98 Å². The molecule has 0 radical (unpaired) electrons. The molecule has 0 amide bonds. The van der Waals surface area contributed by atoms with Crippen LogP contribution < -0.4 is 0 Å². The van der Waals surface area contributed by atoms with Crippen molar-refractivity contribution in [2.75, 3.05) is 0 Å². The van der Waals surface area contributed by atoms with E-state index < -0.39 is 0 Å². The minimum atomic E-state index is 0.394. The third kappa shape index (κ3) is 1.73. The predicted octanol–water partition coefficient (Wildman–Crippen LogP) is 3.77. The lowest BCUT2D eigenvalue weighted by molar-refractivity contribution is 0.541. The van der Waals surface area contributed by atoms with Crippen molar-refractivity contribution >= 4 is 28.1 Å². The van der Waals surface area contributed by atoms with Gasteiger partial charge in [-0.3, -0.25) is 0 Å². The minimum absolute atomic E-state index is 0.394. The number of H-pyrrole nitrogens is 1. The maximum absolute atomic E-state index is 5.01. The first-order valence-corrected chi connectivity index (χ1v) is 4.90. The minimum Gasteiger partial charge on any atom is -0.437 e. The van der Waals surface area contributed by atoms with Crippen molar-refractivity contribution in [2.24, 2.45) is 0 Å². The second-order valence-corrected chi connectivity index (χ2v) is 3.77. The van der Waals surface area contributed by atoms with E-state index in [9.17, 15) is 0 Å². The lowest BCUT2D eigenvalue weighted by atomic mass is 10.2. The zero-order valence-electron chi connectivity index (χ0n) is 6.58. The number of nitrogens with one attached hydrogen (secondary N) is 1. The highest BCUT2D eigenvalue weighted by molar-refractivity contribution is 9.10. The highest BCUT2D eigenvalue weighted by Crippen LogP contribution is 2.26. The summed E-state index contributed by atoms with van der Waals surface area (Å²) in [6.45, 7) is 0. The van der Waals surface area contributed by atoms with E-state index in [1.165, 1.54) is 0 Å². The summed E-state index contributed by atoms with van der Waals surface area (Å²) >= 11 is 8.29. The maximum atomic E-state index is 5.01. The fraction of sp³-hybridized carbons (Fsp3) is 0. The maximum Gasteiger partial charge on any atom is 0.266 e. The summed E-state index contributed by atoms with van der Waals surface area (Å²) in [6, 6.07) is 7.88. The Bertz CT molecular complexity index is 474. The summed E-state index contributed by atoms with van der Waals surface area (Å²) in [5.41, 5.74) is 1.93. The largest absolute Gasteiger partial charge is 0.437 e. The Hall–Kier alpha value is -0.870. The fourth-order valence-electron chi connectivity index (χ4n) is 1.09. The summed E-state index contributed by atoms with van der Waals surface area (Å²) in [6.07, 6.45) is 1.61. The average molecular weight is 256 g/mol. The Morgan fingerprint density at radius 3 is 2.69 bits per heavy atom. The van der Waals surface area contributed by atoms with Gasteiger partial charge in [0.15, 0.2) is 0 Å². The molecule has 1 heterocycles. The van der Waals surface area contributed by atoms with Gasteiger partial charge in [0.1, 0.15) is 6.26 Å². The molecule has 13 heavy (non-hydrogen) atoms. The topological polar surface area (TPSA) is 28.9 Å². The van der Waals surface area contributed by atoms with Crippen molar-refractivity contribution in [3.63, 3.8) is 0 Å². The van der Waals surface area contributed by atoms with Gasteiger partial charge in [-0.2, -0.15) is 0 Å². The van der Waals surface area contributed by atoms with Crippen LogP contribution in [0.2, 0.25) is 0 Å². The van der Waals surface area contributed by atoms with E-state index in [0.29, 0.717) is 4.84 Å². The van der Waals surface area contributed by atoms with Crippen molar-refractivity contribution in [3.05, 3.63) is 39.8 Å². The van der Waals surface area contributed by atoms with Gasteiger partial charge in [0, 0.05) is 10.0 Å². The zero-order chi connectivity index (χ0) is 9.26. The molecule has 0 aliphatic rings.